The average Bonchev–Trinajstić information content (AvgIpc) is 2.56. The Morgan fingerprint density at radius 2 is 1.88 bits per heavy atom. The number of nitrogens with one attached hydrogen (secondary N) is 1. The van der Waals surface area contributed by atoms with Crippen molar-refractivity contribution in [1.82, 2.24) is 5.32 Å². The lowest BCUT2D eigenvalue weighted by Gasteiger charge is -2.17. The van der Waals surface area contributed by atoms with E-state index in [9.17, 15) is 0 Å². The van der Waals surface area contributed by atoms with Crippen molar-refractivity contribution in [3.05, 3.63) is 33.8 Å². The third-order valence-electron chi connectivity index (χ3n) is 3.64. The summed E-state index contributed by atoms with van der Waals surface area (Å²) in [5.41, 5.74) is 2.69. The van der Waals surface area contributed by atoms with Gasteiger partial charge in [-0.2, -0.15) is 0 Å². The van der Waals surface area contributed by atoms with Gasteiger partial charge in [0.1, 0.15) is 0 Å². The fourth-order valence-corrected chi connectivity index (χ4v) is 3.17. The fourth-order valence-electron chi connectivity index (χ4n) is 2.53. The van der Waals surface area contributed by atoms with Gasteiger partial charge in [0.15, 0.2) is 0 Å². The zero-order valence-electron chi connectivity index (χ0n) is 10.6. The molecule has 0 bridgehead atoms. The van der Waals surface area contributed by atoms with Crippen LogP contribution in [0.15, 0.2) is 22.7 Å². The first-order valence-electron chi connectivity index (χ1n) is 6.74. The molecule has 1 fully saturated rings. The highest BCUT2D eigenvalue weighted by Crippen LogP contribution is 2.20. The van der Waals surface area contributed by atoms with Crippen molar-refractivity contribution < 1.29 is 0 Å². The second-order valence-corrected chi connectivity index (χ2v) is 6.02. The molecule has 1 aromatic rings. The molecule has 1 N–H and O–H groups in total. The minimum absolute atomic E-state index is 0.728. The van der Waals surface area contributed by atoms with Crippen LogP contribution in [0.1, 0.15) is 49.7 Å². The summed E-state index contributed by atoms with van der Waals surface area (Å²) in [6.07, 6.45) is 8.34. The van der Waals surface area contributed by atoms with Crippen molar-refractivity contribution in [1.29, 1.82) is 0 Å². The Morgan fingerprint density at radius 3 is 2.53 bits per heavy atom. The Kier molecular flexibility index (Phi) is 5.05. The molecule has 17 heavy (non-hydrogen) atoms. The largest absolute Gasteiger partial charge is 0.310 e. The lowest BCUT2D eigenvalue weighted by molar-refractivity contribution is 0.459. The first-order chi connectivity index (χ1) is 8.25. The van der Waals surface area contributed by atoms with E-state index in [0.717, 1.165) is 12.6 Å². The first-order valence-corrected chi connectivity index (χ1v) is 7.53. The lowest BCUT2D eigenvalue weighted by Crippen LogP contribution is -2.27. The van der Waals surface area contributed by atoms with Gasteiger partial charge in [0, 0.05) is 17.1 Å². The summed E-state index contributed by atoms with van der Waals surface area (Å²) in [6, 6.07) is 7.34. The molecule has 0 atom stereocenters. The third kappa shape index (κ3) is 4.11. The van der Waals surface area contributed by atoms with Crippen molar-refractivity contribution in [2.45, 2.75) is 58.0 Å². The van der Waals surface area contributed by atoms with Crippen LogP contribution in [-0.2, 0) is 6.54 Å². The van der Waals surface area contributed by atoms with Crippen LogP contribution < -0.4 is 5.32 Å². The minimum atomic E-state index is 0.728. The van der Waals surface area contributed by atoms with Crippen LogP contribution in [0, 0.1) is 6.92 Å². The van der Waals surface area contributed by atoms with Crippen LogP contribution in [0.2, 0.25) is 0 Å². The van der Waals surface area contributed by atoms with Crippen LogP contribution >= 0.6 is 15.9 Å². The minimum Gasteiger partial charge on any atom is -0.310 e. The van der Waals surface area contributed by atoms with Crippen molar-refractivity contribution in [3.63, 3.8) is 0 Å². The summed E-state index contributed by atoms with van der Waals surface area (Å²) >= 11 is 3.65. The van der Waals surface area contributed by atoms with E-state index in [1.165, 1.54) is 54.1 Å². The molecule has 1 aliphatic carbocycles. The second-order valence-electron chi connectivity index (χ2n) is 5.16. The molecule has 1 nitrogen and oxygen atoms in total. The zero-order chi connectivity index (χ0) is 12.1. The zero-order valence-corrected chi connectivity index (χ0v) is 12.2. The standard InChI is InChI=1S/C15H22BrN/c1-12-8-9-13(15(16)10-12)11-17-14-6-4-2-3-5-7-14/h8-10,14,17H,2-7,11H2,1H3. The first kappa shape index (κ1) is 13.1. The monoisotopic (exact) mass is 295 g/mol. The Labute approximate surface area is 113 Å². The Morgan fingerprint density at radius 1 is 1.18 bits per heavy atom. The summed E-state index contributed by atoms with van der Waals surface area (Å²) in [7, 11) is 0. The molecule has 0 aromatic heterocycles. The molecule has 0 unspecified atom stereocenters. The maximum Gasteiger partial charge on any atom is 0.0222 e. The summed E-state index contributed by atoms with van der Waals surface area (Å²) in [6.45, 7) is 3.12. The SMILES string of the molecule is Cc1ccc(CNC2CCCCCC2)c(Br)c1. The maximum absolute atomic E-state index is 3.71. The van der Waals surface area contributed by atoms with Crippen molar-refractivity contribution in [3.8, 4) is 0 Å². The summed E-state index contributed by atoms with van der Waals surface area (Å²) < 4.78 is 1.23. The van der Waals surface area contributed by atoms with Crippen LogP contribution in [0.25, 0.3) is 0 Å². The normalized spacial score (nSPS) is 18.0. The van der Waals surface area contributed by atoms with Gasteiger partial charge in [0.25, 0.3) is 0 Å². The van der Waals surface area contributed by atoms with E-state index in [1.54, 1.807) is 0 Å². The molecule has 0 aliphatic heterocycles. The smallest absolute Gasteiger partial charge is 0.0222 e. The highest BCUT2D eigenvalue weighted by atomic mass is 79.9. The highest BCUT2D eigenvalue weighted by molar-refractivity contribution is 9.10. The van der Waals surface area contributed by atoms with Gasteiger partial charge in [-0.3, -0.25) is 0 Å². The van der Waals surface area contributed by atoms with Gasteiger partial charge in [-0.25, -0.2) is 0 Å². The molecule has 2 rings (SSSR count). The van der Waals surface area contributed by atoms with Crippen molar-refractivity contribution in [2.24, 2.45) is 0 Å². The summed E-state index contributed by atoms with van der Waals surface area (Å²) in [5.74, 6) is 0. The average molecular weight is 296 g/mol. The number of aryl methyl sites for hydroxylation is 1. The van der Waals surface area contributed by atoms with Gasteiger partial charge < -0.3 is 5.32 Å². The number of halogens is 1. The second kappa shape index (κ2) is 6.55. The predicted octanol–water partition coefficient (Wildman–Crippen LogP) is 4.57. The number of hydrogen-bond acceptors (Lipinski definition) is 1. The van der Waals surface area contributed by atoms with Gasteiger partial charge in [-0.15, -0.1) is 0 Å². The molecule has 0 saturated heterocycles. The fraction of sp³-hybridized carbons (Fsp3) is 0.600. The number of benzene rings is 1. The van der Waals surface area contributed by atoms with E-state index in [2.05, 4.69) is 46.4 Å². The molecule has 0 amide bonds. The topological polar surface area (TPSA) is 12.0 Å². The van der Waals surface area contributed by atoms with Crippen LogP contribution in [0.3, 0.4) is 0 Å². The molecule has 0 heterocycles. The van der Waals surface area contributed by atoms with Gasteiger partial charge in [0.2, 0.25) is 0 Å². The van der Waals surface area contributed by atoms with Crippen molar-refractivity contribution >= 4 is 15.9 Å². The van der Waals surface area contributed by atoms with Gasteiger partial charge in [0.05, 0.1) is 0 Å². The van der Waals surface area contributed by atoms with Crippen LogP contribution in [0.5, 0.6) is 0 Å². The number of hydrogen-bond donors (Lipinski definition) is 1. The van der Waals surface area contributed by atoms with E-state index in [0.29, 0.717) is 0 Å². The molecule has 1 aliphatic rings. The molecule has 1 saturated carbocycles. The van der Waals surface area contributed by atoms with E-state index < -0.39 is 0 Å². The highest BCUT2D eigenvalue weighted by Gasteiger charge is 2.11. The summed E-state index contributed by atoms with van der Waals surface area (Å²) in [4.78, 5) is 0. The third-order valence-corrected chi connectivity index (χ3v) is 4.38. The molecular weight excluding hydrogens is 274 g/mol. The molecule has 94 valence electrons. The maximum atomic E-state index is 3.71. The van der Waals surface area contributed by atoms with Gasteiger partial charge in [-0.1, -0.05) is 53.7 Å². The number of rotatable bonds is 3. The summed E-state index contributed by atoms with van der Waals surface area (Å²) in [5, 5.41) is 3.71. The molecule has 0 radical (unpaired) electrons. The van der Waals surface area contributed by atoms with Crippen molar-refractivity contribution in [2.75, 3.05) is 0 Å². The van der Waals surface area contributed by atoms with E-state index >= 15 is 0 Å². The van der Waals surface area contributed by atoms with E-state index in [-0.39, 0.29) is 0 Å². The van der Waals surface area contributed by atoms with Gasteiger partial charge in [-0.05, 0) is 37.0 Å². The Balaban J connectivity index is 1.88. The quantitative estimate of drug-likeness (QED) is 0.806. The molecule has 1 aromatic carbocycles. The molecular formula is C15H22BrN. The molecule has 2 heteroatoms. The van der Waals surface area contributed by atoms with Crippen LogP contribution in [-0.4, -0.2) is 6.04 Å². The molecule has 0 spiro atoms. The van der Waals surface area contributed by atoms with Crippen LogP contribution in [0.4, 0.5) is 0 Å². The lowest BCUT2D eigenvalue weighted by atomic mass is 10.1. The van der Waals surface area contributed by atoms with Gasteiger partial charge >= 0.3 is 0 Å². The Bertz CT molecular complexity index is 354. The van der Waals surface area contributed by atoms with E-state index in [4.69, 9.17) is 0 Å². The predicted molar refractivity (Wildman–Crippen MR) is 77.2 cm³/mol. The Hall–Kier alpha value is -0.340. The van der Waals surface area contributed by atoms with E-state index in [1.807, 2.05) is 0 Å².